The minimum absolute atomic E-state index is 0.482. The molecule has 1 aliphatic rings. The molecule has 1 N–H and O–H groups in total. The van der Waals surface area contributed by atoms with Crippen LogP contribution in [0.25, 0.3) is 5.69 Å². The quantitative estimate of drug-likeness (QED) is 0.892. The SMILES string of the molecule is CC1(C)CC1NCc1cnn(-c2ccccc2)c1. The summed E-state index contributed by atoms with van der Waals surface area (Å²) < 4.78 is 1.93. The predicted molar refractivity (Wildman–Crippen MR) is 72.6 cm³/mol. The molecule has 94 valence electrons. The van der Waals surface area contributed by atoms with Crippen LogP contribution in [0.15, 0.2) is 42.7 Å². The molecule has 3 nitrogen and oxygen atoms in total. The summed E-state index contributed by atoms with van der Waals surface area (Å²) in [4.78, 5) is 0. The second kappa shape index (κ2) is 4.25. The first kappa shape index (κ1) is 11.5. The lowest BCUT2D eigenvalue weighted by molar-refractivity contribution is 0.542. The van der Waals surface area contributed by atoms with Crippen LogP contribution in [0.4, 0.5) is 0 Å². The molecule has 1 aromatic carbocycles. The lowest BCUT2D eigenvalue weighted by Gasteiger charge is -2.04. The van der Waals surface area contributed by atoms with Gasteiger partial charge in [0, 0.05) is 24.3 Å². The zero-order valence-electron chi connectivity index (χ0n) is 10.9. The summed E-state index contributed by atoms with van der Waals surface area (Å²) in [6.07, 6.45) is 5.31. The Bertz CT molecular complexity index is 528. The van der Waals surface area contributed by atoms with Crippen molar-refractivity contribution in [1.82, 2.24) is 15.1 Å². The number of hydrogen-bond acceptors (Lipinski definition) is 2. The van der Waals surface area contributed by atoms with Crippen molar-refractivity contribution >= 4 is 0 Å². The molecule has 1 aliphatic carbocycles. The number of nitrogens with zero attached hydrogens (tertiary/aromatic N) is 2. The normalized spacial score (nSPS) is 20.9. The number of rotatable bonds is 4. The van der Waals surface area contributed by atoms with Gasteiger partial charge in [-0.25, -0.2) is 4.68 Å². The Morgan fingerprint density at radius 3 is 2.72 bits per heavy atom. The van der Waals surface area contributed by atoms with E-state index in [2.05, 4.69) is 42.6 Å². The van der Waals surface area contributed by atoms with Crippen molar-refractivity contribution in [3.63, 3.8) is 0 Å². The van der Waals surface area contributed by atoms with E-state index in [4.69, 9.17) is 0 Å². The Balaban J connectivity index is 1.64. The van der Waals surface area contributed by atoms with Gasteiger partial charge in [0.1, 0.15) is 0 Å². The van der Waals surface area contributed by atoms with Gasteiger partial charge in [-0.15, -0.1) is 0 Å². The number of benzene rings is 1. The summed E-state index contributed by atoms with van der Waals surface area (Å²) in [5.41, 5.74) is 2.83. The molecule has 1 atom stereocenters. The van der Waals surface area contributed by atoms with Crippen molar-refractivity contribution in [2.45, 2.75) is 32.9 Å². The Kier molecular flexibility index (Phi) is 2.71. The third-order valence-electron chi connectivity index (χ3n) is 3.72. The highest BCUT2D eigenvalue weighted by molar-refractivity contribution is 5.30. The van der Waals surface area contributed by atoms with Gasteiger partial charge in [-0.3, -0.25) is 0 Å². The fraction of sp³-hybridized carbons (Fsp3) is 0.400. The summed E-state index contributed by atoms with van der Waals surface area (Å²) in [5.74, 6) is 0. The molecule has 18 heavy (non-hydrogen) atoms. The van der Waals surface area contributed by atoms with E-state index in [0.29, 0.717) is 11.5 Å². The average molecular weight is 241 g/mol. The van der Waals surface area contributed by atoms with E-state index in [1.165, 1.54) is 12.0 Å². The first-order valence-electron chi connectivity index (χ1n) is 6.47. The van der Waals surface area contributed by atoms with E-state index >= 15 is 0 Å². The van der Waals surface area contributed by atoms with Crippen LogP contribution in [0.2, 0.25) is 0 Å². The topological polar surface area (TPSA) is 29.9 Å². The van der Waals surface area contributed by atoms with E-state index in [-0.39, 0.29) is 0 Å². The molecule has 3 rings (SSSR count). The zero-order chi connectivity index (χ0) is 12.6. The lowest BCUT2D eigenvalue weighted by atomic mass is 10.2. The largest absolute Gasteiger partial charge is 0.309 e. The van der Waals surface area contributed by atoms with E-state index in [9.17, 15) is 0 Å². The minimum Gasteiger partial charge on any atom is -0.309 e. The standard InChI is InChI=1S/C15H19N3/c1-15(2)8-14(15)16-9-12-10-17-18(11-12)13-6-4-3-5-7-13/h3-7,10-11,14,16H,8-9H2,1-2H3. The van der Waals surface area contributed by atoms with Gasteiger partial charge in [0.25, 0.3) is 0 Å². The van der Waals surface area contributed by atoms with Crippen molar-refractivity contribution < 1.29 is 0 Å². The van der Waals surface area contributed by atoms with Crippen molar-refractivity contribution in [2.24, 2.45) is 5.41 Å². The fourth-order valence-electron chi connectivity index (χ4n) is 2.23. The van der Waals surface area contributed by atoms with Crippen LogP contribution in [0.3, 0.4) is 0 Å². The molecule has 0 amide bonds. The highest BCUT2D eigenvalue weighted by Crippen LogP contribution is 2.44. The maximum absolute atomic E-state index is 4.40. The van der Waals surface area contributed by atoms with Gasteiger partial charge >= 0.3 is 0 Å². The van der Waals surface area contributed by atoms with Crippen LogP contribution in [0, 0.1) is 5.41 Å². The Morgan fingerprint density at radius 1 is 1.33 bits per heavy atom. The van der Waals surface area contributed by atoms with E-state index in [1.54, 1.807) is 0 Å². The van der Waals surface area contributed by atoms with Crippen molar-refractivity contribution in [3.8, 4) is 5.69 Å². The Morgan fingerprint density at radius 2 is 2.06 bits per heavy atom. The molecule has 0 spiro atoms. The smallest absolute Gasteiger partial charge is 0.0645 e. The molecule has 1 saturated carbocycles. The third-order valence-corrected chi connectivity index (χ3v) is 3.72. The van der Waals surface area contributed by atoms with Gasteiger partial charge < -0.3 is 5.32 Å². The monoisotopic (exact) mass is 241 g/mol. The van der Waals surface area contributed by atoms with Crippen molar-refractivity contribution in [1.29, 1.82) is 0 Å². The van der Waals surface area contributed by atoms with Gasteiger partial charge in [-0.1, -0.05) is 32.0 Å². The molecular formula is C15H19N3. The second-order valence-electron chi connectivity index (χ2n) is 5.75. The van der Waals surface area contributed by atoms with Gasteiger partial charge in [0.05, 0.1) is 11.9 Å². The van der Waals surface area contributed by atoms with Gasteiger partial charge in [-0.2, -0.15) is 5.10 Å². The molecule has 1 heterocycles. The van der Waals surface area contributed by atoms with Crippen LogP contribution in [-0.2, 0) is 6.54 Å². The van der Waals surface area contributed by atoms with Gasteiger partial charge in [0.2, 0.25) is 0 Å². The zero-order valence-corrected chi connectivity index (χ0v) is 10.9. The second-order valence-corrected chi connectivity index (χ2v) is 5.75. The van der Waals surface area contributed by atoms with Gasteiger partial charge in [0.15, 0.2) is 0 Å². The van der Waals surface area contributed by atoms with Crippen LogP contribution < -0.4 is 5.32 Å². The Labute approximate surface area is 108 Å². The molecule has 1 unspecified atom stereocenters. The van der Waals surface area contributed by atoms with E-state index < -0.39 is 0 Å². The molecule has 0 saturated heterocycles. The van der Waals surface area contributed by atoms with Crippen LogP contribution in [0.1, 0.15) is 25.8 Å². The Hall–Kier alpha value is -1.61. The molecular weight excluding hydrogens is 222 g/mol. The number of hydrogen-bond donors (Lipinski definition) is 1. The summed E-state index contributed by atoms with van der Waals surface area (Å²) in [6.45, 7) is 5.51. The van der Waals surface area contributed by atoms with Crippen LogP contribution in [0.5, 0.6) is 0 Å². The number of para-hydroxylation sites is 1. The maximum Gasteiger partial charge on any atom is 0.0645 e. The summed E-state index contributed by atoms with van der Waals surface area (Å²) in [5, 5.41) is 7.97. The molecule has 0 aliphatic heterocycles. The number of nitrogens with one attached hydrogen (secondary N) is 1. The van der Waals surface area contributed by atoms with Crippen LogP contribution >= 0.6 is 0 Å². The summed E-state index contributed by atoms with van der Waals surface area (Å²) >= 11 is 0. The average Bonchev–Trinajstić information content (AvgIpc) is 2.79. The minimum atomic E-state index is 0.482. The molecule has 1 aromatic heterocycles. The fourth-order valence-corrected chi connectivity index (χ4v) is 2.23. The molecule has 2 aromatic rings. The first-order valence-corrected chi connectivity index (χ1v) is 6.47. The summed E-state index contributed by atoms with van der Waals surface area (Å²) in [7, 11) is 0. The lowest BCUT2D eigenvalue weighted by Crippen LogP contribution is -2.19. The molecule has 1 fully saturated rings. The first-order chi connectivity index (χ1) is 8.65. The predicted octanol–water partition coefficient (Wildman–Crippen LogP) is 2.76. The van der Waals surface area contributed by atoms with Crippen LogP contribution in [-0.4, -0.2) is 15.8 Å². The highest BCUT2D eigenvalue weighted by Gasteiger charge is 2.44. The third kappa shape index (κ3) is 2.31. The van der Waals surface area contributed by atoms with E-state index in [1.807, 2.05) is 29.1 Å². The molecule has 0 bridgehead atoms. The van der Waals surface area contributed by atoms with Gasteiger partial charge in [-0.05, 0) is 24.0 Å². The van der Waals surface area contributed by atoms with Crippen molar-refractivity contribution in [3.05, 3.63) is 48.3 Å². The molecule has 0 radical (unpaired) electrons. The highest BCUT2D eigenvalue weighted by atomic mass is 15.3. The maximum atomic E-state index is 4.40. The van der Waals surface area contributed by atoms with Crippen molar-refractivity contribution in [2.75, 3.05) is 0 Å². The molecule has 3 heteroatoms. The summed E-state index contributed by atoms with van der Waals surface area (Å²) in [6, 6.07) is 10.9. The van der Waals surface area contributed by atoms with E-state index in [0.717, 1.165) is 12.2 Å². The number of aromatic nitrogens is 2.